The van der Waals surface area contributed by atoms with Crippen LogP contribution in [-0.2, 0) is 4.79 Å². The fraction of sp³-hybridized carbons (Fsp3) is 0.579. The molecular weight excluding hydrogens is 302 g/mol. The van der Waals surface area contributed by atoms with Crippen molar-refractivity contribution in [3.8, 4) is 0 Å². The summed E-state index contributed by atoms with van der Waals surface area (Å²) in [5, 5.41) is 6.06. The number of nitrogens with zero attached hydrogens (tertiary/aromatic N) is 1. The number of rotatable bonds is 5. The standard InChI is InChI=1S/C19H25N3O2/c1-12-9-17(12)19(24)20-14-4-2-3-13(10-14)18(23)21-15-7-8-22(11-15)16-5-6-16/h2-4,10,12,15-17H,5-9,11H2,1H3,(H,20,24)(H,21,23)/t12-,15+,17-/m1/s1. The number of hydrogen-bond donors (Lipinski definition) is 2. The average Bonchev–Trinajstić information content (AvgIpc) is 3.48. The van der Waals surface area contributed by atoms with Gasteiger partial charge in [-0.2, -0.15) is 0 Å². The molecular formula is C19H25N3O2. The maximum atomic E-state index is 12.5. The van der Waals surface area contributed by atoms with Crippen molar-refractivity contribution in [2.24, 2.45) is 11.8 Å². The lowest BCUT2D eigenvalue weighted by atomic mass is 10.1. The Kier molecular flexibility index (Phi) is 4.04. The zero-order chi connectivity index (χ0) is 16.7. The minimum absolute atomic E-state index is 0.0477. The summed E-state index contributed by atoms with van der Waals surface area (Å²) in [5.74, 6) is 0.632. The topological polar surface area (TPSA) is 61.4 Å². The van der Waals surface area contributed by atoms with E-state index in [0.717, 1.165) is 32.0 Å². The fourth-order valence-corrected chi connectivity index (χ4v) is 3.61. The van der Waals surface area contributed by atoms with E-state index in [1.165, 1.54) is 12.8 Å². The van der Waals surface area contributed by atoms with Crippen molar-refractivity contribution < 1.29 is 9.59 Å². The van der Waals surface area contributed by atoms with Crippen LogP contribution in [0.1, 0.15) is 43.0 Å². The zero-order valence-electron chi connectivity index (χ0n) is 14.1. The van der Waals surface area contributed by atoms with E-state index in [0.29, 0.717) is 17.2 Å². The minimum atomic E-state index is -0.0477. The van der Waals surface area contributed by atoms with Gasteiger partial charge in [-0.1, -0.05) is 13.0 Å². The Balaban J connectivity index is 1.34. The van der Waals surface area contributed by atoms with Gasteiger partial charge < -0.3 is 10.6 Å². The molecule has 5 nitrogen and oxygen atoms in total. The molecule has 3 fully saturated rings. The molecule has 3 aliphatic rings. The van der Waals surface area contributed by atoms with Crippen LogP contribution >= 0.6 is 0 Å². The molecule has 5 heteroatoms. The molecule has 3 atom stereocenters. The summed E-state index contributed by atoms with van der Waals surface area (Å²) < 4.78 is 0. The lowest BCUT2D eigenvalue weighted by molar-refractivity contribution is -0.117. The smallest absolute Gasteiger partial charge is 0.251 e. The van der Waals surface area contributed by atoms with Crippen LogP contribution in [0.3, 0.4) is 0 Å². The van der Waals surface area contributed by atoms with Crippen molar-refractivity contribution in [1.29, 1.82) is 0 Å². The van der Waals surface area contributed by atoms with Gasteiger partial charge in [0.05, 0.1) is 0 Å². The molecule has 4 rings (SSSR count). The van der Waals surface area contributed by atoms with Crippen LogP contribution in [0.5, 0.6) is 0 Å². The first-order valence-electron chi connectivity index (χ1n) is 9.06. The molecule has 0 bridgehead atoms. The molecule has 0 unspecified atom stereocenters. The van der Waals surface area contributed by atoms with Crippen molar-refractivity contribution in [3.05, 3.63) is 29.8 Å². The van der Waals surface area contributed by atoms with Crippen LogP contribution in [0.15, 0.2) is 24.3 Å². The molecule has 2 amide bonds. The fourth-order valence-electron chi connectivity index (χ4n) is 3.61. The van der Waals surface area contributed by atoms with Crippen molar-refractivity contribution in [2.75, 3.05) is 18.4 Å². The van der Waals surface area contributed by atoms with Crippen LogP contribution in [0, 0.1) is 11.8 Å². The number of benzene rings is 1. The third-order valence-electron chi connectivity index (χ3n) is 5.46. The van der Waals surface area contributed by atoms with Gasteiger partial charge >= 0.3 is 0 Å². The molecule has 1 aromatic rings. The second-order valence-corrected chi connectivity index (χ2v) is 7.57. The van der Waals surface area contributed by atoms with Gasteiger partial charge in [-0.3, -0.25) is 14.5 Å². The molecule has 1 saturated heterocycles. The molecule has 2 N–H and O–H groups in total. The normalized spacial score (nSPS) is 29.3. The minimum Gasteiger partial charge on any atom is -0.348 e. The predicted molar refractivity (Wildman–Crippen MR) is 92.8 cm³/mol. The van der Waals surface area contributed by atoms with E-state index in [1.807, 2.05) is 12.1 Å². The highest BCUT2D eigenvalue weighted by Gasteiger charge is 2.39. The first-order valence-corrected chi connectivity index (χ1v) is 9.06. The van der Waals surface area contributed by atoms with Gasteiger partial charge in [-0.25, -0.2) is 0 Å². The van der Waals surface area contributed by atoms with Gasteiger partial charge in [0.25, 0.3) is 5.91 Å². The molecule has 128 valence electrons. The number of amides is 2. The quantitative estimate of drug-likeness (QED) is 0.872. The predicted octanol–water partition coefficient (Wildman–Crippen LogP) is 2.25. The van der Waals surface area contributed by atoms with Gasteiger partial charge in [0, 0.05) is 42.3 Å². The highest BCUT2D eigenvalue weighted by molar-refractivity contribution is 5.98. The van der Waals surface area contributed by atoms with Gasteiger partial charge in [-0.05, 0) is 49.8 Å². The maximum Gasteiger partial charge on any atom is 0.251 e. The third kappa shape index (κ3) is 3.46. The summed E-state index contributed by atoms with van der Waals surface area (Å²) in [6.45, 7) is 4.14. The SMILES string of the molecule is C[C@@H]1C[C@H]1C(=O)Nc1cccc(C(=O)N[C@H]2CCN(C3CC3)C2)c1. The highest BCUT2D eigenvalue weighted by Crippen LogP contribution is 2.38. The van der Waals surface area contributed by atoms with E-state index >= 15 is 0 Å². The first-order chi connectivity index (χ1) is 11.6. The van der Waals surface area contributed by atoms with E-state index in [9.17, 15) is 9.59 Å². The van der Waals surface area contributed by atoms with Gasteiger partial charge in [0.1, 0.15) is 0 Å². The Morgan fingerprint density at radius 1 is 1.21 bits per heavy atom. The molecule has 1 heterocycles. The molecule has 0 radical (unpaired) electrons. The lowest BCUT2D eigenvalue weighted by Gasteiger charge is -2.16. The van der Waals surface area contributed by atoms with Crippen LogP contribution in [0.4, 0.5) is 5.69 Å². The summed E-state index contributed by atoms with van der Waals surface area (Å²) in [6.07, 6.45) is 4.60. The summed E-state index contributed by atoms with van der Waals surface area (Å²) in [6, 6.07) is 8.24. The van der Waals surface area contributed by atoms with Crippen molar-refractivity contribution in [3.63, 3.8) is 0 Å². The molecule has 0 aromatic heterocycles. The molecule has 0 spiro atoms. The van der Waals surface area contributed by atoms with Gasteiger partial charge in [0.2, 0.25) is 5.91 Å². The van der Waals surface area contributed by atoms with E-state index in [1.54, 1.807) is 12.1 Å². The lowest BCUT2D eigenvalue weighted by Crippen LogP contribution is -2.37. The Morgan fingerprint density at radius 2 is 2.00 bits per heavy atom. The van der Waals surface area contributed by atoms with Crippen molar-refractivity contribution in [2.45, 2.75) is 44.7 Å². The second kappa shape index (κ2) is 6.20. The zero-order valence-corrected chi connectivity index (χ0v) is 14.1. The summed E-state index contributed by atoms with van der Waals surface area (Å²) >= 11 is 0. The van der Waals surface area contributed by atoms with Crippen LogP contribution in [0.2, 0.25) is 0 Å². The van der Waals surface area contributed by atoms with E-state index in [-0.39, 0.29) is 23.8 Å². The average molecular weight is 327 g/mol. The van der Waals surface area contributed by atoms with Gasteiger partial charge in [0.15, 0.2) is 0 Å². The number of nitrogens with one attached hydrogen (secondary N) is 2. The van der Waals surface area contributed by atoms with Crippen molar-refractivity contribution in [1.82, 2.24) is 10.2 Å². The van der Waals surface area contributed by atoms with E-state index < -0.39 is 0 Å². The summed E-state index contributed by atoms with van der Waals surface area (Å²) in [4.78, 5) is 27.0. The maximum absolute atomic E-state index is 12.5. The highest BCUT2D eigenvalue weighted by atomic mass is 16.2. The van der Waals surface area contributed by atoms with E-state index in [2.05, 4.69) is 22.5 Å². The molecule has 2 aliphatic carbocycles. The Hall–Kier alpha value is -1.88. The van der Waals surface area contributed by atoms with E-state index in [4.69, 9.17) is 0 Å². The molecule has 24 heavy (non-hydrogen) atoms. The largest absolute Gasteiger partial charge is 0.348 e. The molecule has 1 aromatic carbocycles. The molecule has 2 saturated carbocycles. The van der Waals surface area contributed by atoms with Crippen LogP contribution < -0.4 is 10.6 Å². The summed E-state index contributed by atoms with van der Waals surface area (Å²) in [5.41, 5.74) is 1.32. The number of carbonyl (C=O) groups excluding carboxylic acids is 2. The Bertz CT molecular complexity index is 656. The second-order valence-electron chi connectivity index (χ2n) is 7.57. The van der Waals surface area contributed by atoms with Crippen LogP contribution in [-0.4, -0.2) is 41.9 Å². The number of likely N-dealkylation sites (tertiary alicyclic amines) is 1. The third-order valence-corrected chi connectivity index (χ3v) is 5.46. The number of anilines is 1. The Morgan fingerprint density at radius 3 is 2.71 bits per heavy atom. The van der Waals surface area contributed by atoms with Gasteiger partial charge in [-0.15, -0.1) is 0 Å². The van der Waals surface area contributed by atoms with Crippen molar-refractivity contribution >= 4 is 17.5 Å². The number of carbonyl (C=O) groups is 2. The molecule has 1 aliphatic heterocycles. The summed E-state index contributed by atoms with van der Waals surface area (Å²) in [7, 11) is 0. The number of hydrogen-bond acceptors (Lipinski definition) is 3. The Labute approximate surface area is 142 Å². The van der Waals surface area contributed by atoms with Crippen LogP contribution in [0.25, 0.3) is 0 Å². The first kappa shape index (κ1) is 15.6. The monoisotopic (exact) mass is 327 g/mol.